The lowest BCUT2D eigenvalue weighted by Crippen LogP contribution is -2.50. The van der Waals surface area contributed by atoms with Crippen LogP contribution in [0.2, 0.25) is 5.02 Å². The highest BCUT2D eigenvalue weighted by Crippen LogP contribution is 2.33. The van der Waals surface area contributed by atoms with E-state index < -0.39 is 11.7 Å². The van der Waals surface area contributed by atoms with E-state index in [1.54, 1.807) is 34.1 Å². The van der Waals surface area contributed by atoms with E-state index in [-0.39, 0.29) is 23.4 Å². The number of carbonyl (C=O) groups is 1. The van der Waals surface area contributed by atoms with Crippen molar-refractivity contribution in [2.45, 2.75) is 13.1 Å². The molecule has 0 saturated carbocycles. The molecule has 3 rings (SSSR count). The van der Waals surface area contributed by atoms with Gasteiger partial charge in [-0.25, -0.2) is 4.98 Å². The molecule has 1 aromatic carbocycles. The zero-order chi connectivity index (χ0) is 21.7. The standard InChI is InChI=1S/C20H21ClF3N3O3/c1-2-29-15-3-5-16(6-4-15)30-13-18(28)26-7-9-27(10-8-26)19-17(21)11-14(12-25-19)20(22,23)24/h3-6,11-12H,2,7-10,13H2,1H3. The Bertz CT molecular complexity index is 870. The fourth-order valence-corrected chi connectivity index (χ4v) is 3.31. The number of aromatic nitrogens is 1. The number of amides is 1. The monoisotopic (exact) mass is 443 g/mol. The average molecular weight is 444 g/mol. The zero-order valence-electron chi connectivity index (χ0n) is 16.3. The number of nitrogens with zero attached hydrogens (tertiary/aromatic N) is 3. The lowest BCUT2D eigenvalue weighted by atomic mass is 10.2. The third-order valence-corrected chi connectivity index (χ3v) is 4.86. The molecule has 1 aliphatic heterocycles. The van der Waals surface area contributed by atoms with Crippen molar-refractivity contribution in [1.29, 1.82) is 0 Å². The Labute approximate surface area is 177 Å². The summed E-state index contributed by atoms with van der Waals surface area (Å²) in [6.07, 6.45) is -3.73. The van der Waals surface area contributed by atoms with Crippen LogP contribution in [0.25, 0.3) is 0 Å². The summed E-state index contributed by atoms with van der Waals surface area (Å²) in [4.78, 5) is 19.7. The molecule has 2 aromatic rings. The summed E-state index contributed by atoms with van der Waals surface area (Å²) in [5.74, 6) is 1.39. The summed E-state index contributed by atoms with van der Waals surface area (Å²) in [6, 6.07) is 7.86. The van der Waals surface area contributed by atoms with Gasteiger partial charge in [0, 0.05) is 32.4 Å². The van der Waals surface area contributed by atoms with Crippen molar-refractivity contribution in [1.82, 2.24) is 9.88 Å². The summed E-state index contributed by atoms with van der Waals surface area (Å²) in [6.45, 7) is 3.96. The van der Waals surface area contributed by atoms with Crippen LogP contribution in [0.15, 0.2) is 36.5 Å². The van der Waals surface area contributed by atoms with Crippen LogP contribution in [-0.4, -0.2) is 55.2 Å². The minimum absolute atomic E-state index is 0.0663. The third-order valence-electron chi connectivity index (χ3n) is 4.58. The fraction of sp³-hybridized carbons (Fsp3) is 0.400. The van der Waals surface area contributed by atoms with Crippen LogP contribution in [0.3, 0.4) is 0 Å². The van der Waals surface area contributed by atoms with E-state index in [9.17, 15) is 18.0 Å². The molecular weight excluding hydrogens is 423 g/mol. The van der Waals surface area contributed by atoms with E-state index in [0.29, 0.717) is 38.5 Å². The molecule has 30 heavy (non-hydrogen) atoms. The Morgan fingerprint density at radius 2 is 1.70 bits per heavy atom. The van der Waals surface area contributed by atoms with Crippen molar-refractivity contribution >= 4 is 23.3 Å². The summed E-state index contributed by atoms with van der Waals surface area (Å²) >= 11 is 6.00. The minimum Gasteiger partial charge on any atom is -0.494 e. The summed E-state index contributed by atoms with van der Waals surface area (Å²) in [7, 11) is 0. The minimum atomic E-state index is -4.50. The van der Waals surface area contributed by atoms with Gasteiger partial charge in [0.15, 0.2) is 6.61 Å². The van der Waals surface area contributed by atoms with Gasteiger partial charge >= 0.3 is 6.18 Å². The molecule has 162 valence electrons. The first-order chi connectivity index (χ1) is 14.3. The number of ether oxygens (including phenoxy) is 2. The van der Waals surface area contributed by atoms with Crippen LogP contribution in [0.5, 0.6) is 11.5 Å². The summed E-state index contributed by atoms with van der Waals surface area (Å²) < 4.78 is 49.2. The third kappa shape index (κ3) is 5.47. The quantitative estimate of drug-likeness (QED) is 0.678. The van der Waals surface area contributed by atoms with E-state index in [2.05, 4.69) is 4.98 Å². The fourth-order valence-electron chi connectivity index (χ4n) is 3.02. The highest BCUT2D eigenvalue weighted by molar-refractivity contribution is 6.33. The van der Waals surface area contributed by atoms with Crippen molar-refractivity contribution in [2.75, 3.05) is 44.3 Å². The van der Waals surface area contributed by atoms with Gasteiger partial charge in [-0.15, -0.1) is 0 Å². The number of piperazine rings is 1. The molecule has 0 bridgehead atoms. The molecule has 1 aromatic heterocycles. The van der Waals surface area contributed by atoms with E-state index >= 15 is 0 Å². The molecular formula is C20H21ClF3N3O3. The van der Waals surface area contributed by atoms with Crippen LogP contribution >= 0.6 is 11.6 Å². The van der Waals surface area contributed by atoms with Crippen molar-refractivity contribution in [3.63, 3.8) is 0 Å². The van der Waals surface area contributed by atoms with E-state index in [1.165, 1.54) is 0 Å². The molecule has 0 radical (unpaired) electrons. The highest BCUT2D eigenvalue weighted by atomic mass is 35.5. The van der Waals surface area contributed by atoms with Crippen molar-refractivity contribution in [2.24, 2.45) is 0 Å². The molecule has 0 N–H and O–H groups in total. The number of rotatable bonds is 6. The lowest BCUT2D eigenvalue weighted by Gasteiger charge is -2.35. The zero-order valence-corrected chi connectivity index (χ0v) is 17.0. The molecule has 10 heteroatoms. The number of hydrogen-bond donors (Lipinski definition) is 0. The molecule has 6 nitrogen and oxygen atoms in total. The second-order valence-electron chi connectivity index (χ2n) is 6.59. The van der Waals surface area contributed by atoms with Gasteiger partial charge in [0.1, 0.15) is 17.3 Å². The number of carbonyl (C=O) groups excluding carboxylic acids is 1. The molecule has 0 unspecified atom stereocenters. The molecule has 1 fully saturated rings. The summed E-state index contributed by atoms with van der Waals surface area (Å²) in [5.41, 5.74) is -0.892. The maximum atomic E-state index is 12.8. The largest absolute Gasteiger partial charge is 0.494 e. The lowest BCUT2D eigenvalue weighted by molar-refractivity contribution is -0.138. The Balaban J connectivity index is 1.50. The van der Waals surface area contributed by atoms with Gasteiger partial charge in [0.25, 0.3) is 5.91 Å². The van der Waals surface area contributed by atoms with E-state index in [4.69, 9.17) is 21.1 Å². The van der Waals surface area contributed by atoms with Crippen molar-refractivity contribution < 1.29 is 27.4 Å². The number of pyridine rings is 1. The predicted octanol–water partition coefficient (Wildman–Crippen LogP) is 3.88. The van der Waals surface area contributed by atoms with Gasteiger partial charge in [-0.2, -0.15) is 13.2 Å². The average Bonchev–Trinajstić information content (AvgIpc) is 2.73. The van der Waals surface area contributed by atoms with E-state index in [0.717, 1.165) is 18.0 Å². The number of halogens is 4. The number of anilines is 1. The molecule has 0 atom stereocenters. The maximum absolute atomic E-state index is 12.8. The van der Waals surface area contributed by atoms with Gasteiger partial charge in [0.2, 0.25) is 0 Å². The topological polar surface area (TPSA) is 54.9 Å². The van der Waals surface area contributed by atoms with Gasteiger partial charge in [0.05, 0.1) is 17.2 Å². The molecule has 0 aliphatic carbocycles. The highest BCUT2D eigenvalue weighted by Gasteiger charge is 2.32. The van der Waals surface area contributed by atoms with Gasteiger partial charge in [-0.05, 0) is 37.3 Å². The second-order valence-corrected chi connectivity index (χ2v) is 7.00. The van der Waals surface area contributed by atoms with Gasteiger partial charge < -0.3 is 19.3 Å². The summed E-state index contributed by atoms with van der Waals surface area (Å²) in [5, 5.41) is -0.0663. The van der Waals surface area contributed by atoms with Gasteiger partial charge in [-0.1, -0.05) is 11.6 Å². The Kier molecular flexibility index (Phi) is 6.91. The number of hydrogen-bond acceptors (Lipinski definition) is 5. The Morgan fingerprint density at radius 3 is 2.23 bits per heavy atom. The maximum Gasteiger partial charge on any atom is 0.417 e. The van der Waals surface area contributed by atoms with Crippen LogP contribution in [0.1, 0.15) is 12.5 Å². The SMILES string of the molecule is CCOc1ccc(OCC(=O)N2CCN(c3ncc(C(F)(F)F)cc3Cl)CC2)cc1. The normalized spacial score (nSPS) is 14.6. The molecule has 1 amide bonds. The first-order valence-corrected chi connectivity index (χ1v) is 9.77. The molecule has 2 heterocycles. The first-order valence-electron chi connectivity index (χ1n) is 9.39. The van der Waals surface area contributed by atoms with Crippen LogP contribution < -0.4 is 14.4 Å². The van der Waals surface area contributed by atoms with Crippen LogP contribution in [0.4, 0.5) is 19.0 Å². The predicted molar refractivity (Wildman–Crippen MR) is 106 cm³/mol. The van der Waals surface area contributed by atoms with Crippen LogP contribution in [0, 0.1) is 0 Å². The van der Waals surface area contributed by atoms with Gasteiger partial charge in [-0.3, -0.25) is 4.79 Å². The van der Waals surface area contributed by atoms with Crippen molar-refractivity contribution in [3.05, 3.63) is 47.1 Å². The molecule has 1 saturated heterocycles. The number of alkyl halides is 3. The second kappa shape index (κ2) is 9.42. The molecule has 0 spiro atoms. The van der Waals surface area contributed by atoms with E-state index in [1.807, 2.05) is 6.92 Å². The van der Waals surface area contributed by atoms with Crippen LogP contribution in [-0.2, 0) is 11.0 Å². The first kappa shape index (κ1) is 22.0. The Hall–Kier alpha value is -2.68. The smallest absolute Gasteiger partial charge is 0.417 e. The van der Waals surface area contributed by atoms with Crippen molar-refractivity contribution in [3.8, 4) is 11.5 Å². The number of benzene rings is 1. The Morgan fingerprint density at radius 1 is 1.10 bits per heavy atom. The molecule has 1 aliphatic rings.